The van der Waals surface area contributed by atoms with Crippen molar-refractivity contribution >= 4 is 45.5 Å². The van der Waals surface area contributed by atoms with Crippen LogP contribution in [-0.2, 0) is 17.8 Å². The maximum absolute atomic E-state index is 12.7. The summed E-state index contributed by atoms with van der Waals surface area (Å²) in [6, 6.07) is 2.71. The van der Waals surface area contributed by atoms with Crippen LogP contribution in [-0.4, -0.2) is 38.8 Å². The van der Waals surface area contributed by atoms with Crippen molar-refractivity contribution in [1.82, 2.24) is 15.1 Å². The minimum Gasteiger partial charge on any atom is -0.357 e. The first kappa shape index (κ1) is 15.4. The van der Waals surface area contributed by atoms with E-state index in [-0.39, 0.29) is 11.2 Å². The molecule has 4 rings (SSSR count). The number of hydrogen-bond donors (Lipinski definition) is 1. The molecule has 1 unspecified atom stereocenters. The quantitative estimate of drug-likeness (QED) is 0.823. The molecule has 2 aliphatic rings. The van der Waals surface area contributed by atoms with Crippen LogP contribution in [0.3, 0.4) is 0 Å². The zero-order chi connectivity index (χ0) is 15.8. The van der Waals surface area contributed by atoms with Crippen LogP contribution >= 0.6 is 34.4 Å². The van der Waals surface area contributed by atoms with Gasteiger partial charge in [0.15, 0.2) is 4.34 Å². The van der Waals surface area contributed by atoms with Crippen LogP contribution < -0.4 is 5.32 Å². The minimum absolute atomic E-state index is 0.128. The molecule has 1 atom stereocenters. The topological polar surface area (TPSA) is 58.1 Å². The van der Waals surface area contributed by atoms with E-state index in [9.17, 15) is 4.79 Å². The van der Waals surface area contributed by atoms with Gasteiger partial charge >= 0.3 is 0 Å². The van der Waals surface area contributed by atoms with Crippen LogP contribution in [0.5, 0.6) is 0 Å². The number of nitrogens with one attached hydrogen (secondary N) is 1. The number of nitrogens with zero attached hydrogens (tertiary/aromatic N) is 3. The zero-order valence-electron chi connectivity index (χ0n) is 12.8. The summed E-state index contributed by atoms with van der Waals surface area (Å²) in [4.78, 5) is 16.1. The van der Waals surface area contributed by atoms with Crippen molar-refractivity contribution < 1.29 is 4.79 Å². The second-order valence-electron chi connectivity index (χ2n) is 5.93. The van der Waals surface area contributed by atoms with Gasteiger partial charge in [-0.05, 0) is 43.2 Å². The van der Waals surface area contributed by atoms with Crippen molar-refractivity contribution in [3.8, 4) is 0 Å². The first-order valence-corrected chi connectivity index (χ1v) is 10.4. The summed E-state index contributed by atoms with van der Waals surface area (Å²) in [5.74, 6) is 0.193. The van der Waals surface area contributed by atoms with Gasteiger partial charge < -0.3 is 10.2 Å². The lowest BCUT2D eigenvalue weighted by Gasteiger charge is -2.28. The zero-order valence-corrected chi connectivity index (χ0v) is 15.3. The third-order valence-electron chi connectivity index (χ3n) is 4.06. The average molecular weight is 367 g/mol. The summed E-state index contributed by atoms with van der Waals surface area (Å²) in [6.07, 6.45) is 3.41. The van der Waals surface area contributed by atoms with E-state index in [1.165, 1.54) is 35.0 Å². The smallest absolute Gasteiger partial charge is 0.236 e. The fourth-order valence-corrected chi connectivity index (χ4v) is 5.56. The Morgan fingerprint density at radius 2 is 2.35 bits per heavy atom. The monoisotopic (exact) mass is 366 g/mol. The average Bonchev–Trinajstić information content (AvgIpc) is 3.06. The number of carbonyl (C=O) groups is 1. The highest BCUT2D eigenvalue weighted by Gasteiger charge is 2.27. The summed E-state index contributed by atoms with van der Waals surface area (Å²) in [5, 5.41) is 14.6. The second-order valence-corrected chi connectivity index (χ2v) is 9.50. The molecule has 0 spiro atoms. The summed E-state index contributed by atoms with van der Waals surface area (Å²) < 4.78 is 0.863. The van der Waals surface area contributed by atoms with Crippen molar-refractivity contribution in [2.75, 3.05) is 11.9 Å². The van der Waals surface area contributed by atoms with Crippen LogP contribution in [0.2, 0.25) is 0 Å². The summed E-state index contributed by atoms with van der Waals surface area (Å²) >= 11 is 4.85. The fraction of sp³-hybridized carbons (Fsp3) is 0.533. The molecule has 5 nitrogen and oxygen atoms in total. The van der Waals surface area contributed by atoms with Crippen molar-refractivity contribution in [1.29, 1.82) is 0 Å². The molecule has 1 saturated carbocycles. The number of anilines is 1. The number of thiophene rings is 1. The van der Waals surface area contributed by atoms with Crippen molar-refractivity contribution in [2.24, 2.45) is 0 Å². The van der Waals surface area contributed by atoms with Gasteiger partial charge in [-0.15, -0.1) is 21.5 Å². The SMILES string of the molecule is CC(Sc1nnc(NC2CC2)s1)C(=O)N1CCc2sccc2C1. The van der Waals surface area contributed by atoms with Crippen LogP contribution in [0.1, 0.15) is 30.2 Å². The predicted molar refractivity (Wildman–Crippen MR) is 95.3 cm³/mol. The molecule has 0 radical (unpaired) electrons. The van der Waals surface area contributed by atoms with Gasteiger partial charge in [-0.25, -0.2) is 0 Å². The van der Waals surface area contributed by atoms with E-state index in [0.29, 0.717) is 6.04 Å². The van der Waals surface area contributed by atoms with Crippen LogP contribution in [0.25, 0.3) is 0 Å². The minimum atomic E-state index is -0.128. The van der Waals surface area contributed by atoms with Gasteiger partial charge in [0.05, 0.1) is 5.25 Å². The molecule has 1 fully saturated rings. The summed E-state index contributed by atoms with van der Waals surface area (Å²) in [7, 11) is 0. The number of hydrogen-bond acceptors (Lipinski definition) is 7. The highest BCUT2D eigenvalue weighted by Crippen LogP contribution is 2.33. The third kappa shape index (κ3) is 3.54. The van der Waals surface area contributed by atoms with Gasteiger partial charge in [0.25, 0.3) is 0 Å². The van der Waals surface area contributed by atoms with Crippen molar-refractivity contribution in [3.63, 3.8) is 0 Å². The van der Waals surface area contributed by atoms with E-state index in [0.717, 1.165) is 29.0 Å². The molecule has 1 N–H and O–H groups in total. The third-order valence-corrected chi connectivity index (χ3v) is 7.11. The normalized spacial score (nSPS) is 18.6. The Morgan fingerprint density at radius 1 is 1.48 bits per heavy atom. The van der Waals surface area contributed by atoms with Crippen molar-refractivity contribution in [2.45, 2.75) is 48.4 Å². The van der Waals surface area contributed by atoms with Crippen LogP contribution in [0.4, 0.5) is 5.13 Å². The van der Waals surface area contributed by atoms with Gasteiger partial charge in [0.1, 0.15) is 0 Å². The lowest BCUT2D eigenvalue weighted by Crippen LogP contribution is -2.39. The Balaban J connectivity index is 1.35. The van der Waals surface area contributed by atoms with Gasteiger partial charge in [-0.3, -0.25) is 4.79 Å². The largest absolute Gasteiger partial charge is 0.357 e. The van der Waals surface area contributed by atoms with Crippen LogP contribution in [0.15, 0.2) is 15.8 Å². The molecule has 2 aromatic rings. The van der Waals surface area contributed by atoms with E-state index in [1.54, 1.807) is 22.7 Å². The lowest BCUT2D eigenvalue weighted by atomic mass is 10.1. The molecule has 0 saturated heterocycles. The highest BCUT2D eigenvalue weighted by molar-refractivity contribution is 8.02. The molecule has 8 heteroatoms. The van der Waals surface area contributed by atoms with E-state index in [4.69, 9.17) is 0 Å². The maximum Gasteiger partial charge on any atom is 0.236 e. The molecular weight excluding hydrogens is 348 g/mol. The number of carbonyl (C=O) groups excluding carboxylic acids is 1. The Labute approximate surface area is 147 Å². The number of fused-ring (bicyclic) bond motifs is 1. The second kappa shape index (κ2) is 6.41. The molecule has 1 amide bonds. The molecule has 0 bridgehead atoms. The molecule has 122 valence electrons. The number of thioether (sulfide) groups is 1. The summed E-state index contributed by atoms with van der Waals surface area (Å²) in [6.45, 7) is 3.53. The highest BCUT2D eigenvalue weighted by atomic mass is 32.2. The molecule has 2 aromatic heterocycles. The number of rotatable bonds is 5. The Kier molecular flexibility index (Phi) is 4.29. The van der Waals surface area contributed by atoms with Gasteiger partial charge in [-0.1, -0.05) is 23.1 Å². The Morgan fingerprint density at radius 3 is 3.17 bits per heavy atom. The van der Waals surface area contributed by atoms with E-state index in [2.05, 4.69) is 27.0 Å². The van der Waals surface area contributed by atoms with Gasteiger partial charge in [0, 0.05) is 24.0 Å². The molecule has 3 heterocycles. The Bertz CT molecular complexity index is 709. The molecule has 23 heavy (non-hydrogen) atoms. The predicted octanol–water partition coefficient (Wildman–Crippen LogP) is 3.24. The van der Waals surface area contributed by atoms with E-state index < -0.39 is 0 Å². The van der Waals surface area contributed by atoms with Crippen molar-refractivity contribution in [3.05, 3.63) is 21.9 Å². The maximum atomic E-state index is 12.7. The van der Waals surface area contributed by atoms with Gasteiger partial charge in [0.2, 0.25) is 11.0 Å². The standard InChI is InChI=1S/C15H18N4OS3/c1-9(22-15-18-17-14(23-15)16-11-2-3-11)13(20)19-6-4-12-10(8-19)5-7-21-12/h5,7,9,11H,2-4,6,8H2,1H3,(H,16,17). The molecular formula is C15H18N4OS3. The molecule has 1 aliphatic carbocycles. The van der Waals surface area contributed by atoms with E-state index >= 15 is 0 Å². The Hall–Kier alpha value is -1.12. The molecule has 0 aromatic carbocycles. The first-order chi connectivity index (χ1) is 11.2. The number of amides is 1. The number of aromatic nitrogens is 2. The van der Waals surface area contributed by atoms with E-state index in [1.807, 2.05) is 11.8 Å². The first-order valence-electron chi connectivity index (χ1n) is 7.80. The fourth-order valence-electron chi connectivity index (χ4n) is 2.61. The van der Waals surface area contributed by atoms with Crippen LogP contribution in [0, 0.1) is 0 Å². The molecule has 1 aliphatic heterocycles. The summed E-state index contributed by atoms with van der Waals surface area (Å²) in [5.41, 5.74) is 1.30. The lowest BCUT2D eigenvalue weighted by molar-refractivity contribution is -0.131. The van der Waals surface area contributed by atoms with Gasteiger partial charge in [-0.2, -0.15) is 0 Å².